The zero-order valence-corrected chi connectivity index (χ0v) is 12.0. The Morgan fingerprint density at radius 2 is 1.76 bits per heavy atom. The number of carbonyl (C=O) groups is 2. The fourth-order valence-electron chi connectivity index (χ4n) is 2.40. The third-order valence-corrected chi connectivity index (χ3v) is 3.48. The number of methoxy groups -OCH3 is 2. The van der Waals surface area contributed by atoms with Gasteiger partial charge in [0.15, 0.2) is 17.3 Å². The maximum atomic E-state index is 11.4. The van der Waals surface area contributed by atoms with Crippen molar-refractivity contribution in [2.24, 2.45) is 5.73 Å². The summed E-state index contributed by atoms with van der Waals surface area (Å²) in [7, 11) is 3.09. The van der Waals surface area contributed by atoms with Gasteiger partial charge in [0.2, 0.25) is 5.91 Å². The van der Waals surface area contributed by atoms with E-state index in [4.69, 9.17) is 15.2 Å². The van der Waals surface area contributed by atoms with Crippen LogP contribution in [0.4, 0.5) is 0 Å². The molecule has 0 saturated carbocycles. The number of allylic oxidation sites excluding steroid dienone is 4. The van der Waals surface area contributed by atoms with Crippen molar-refractivity contribution in [1.82, 2.24) is 0 Å². The smallest absolute Gasteiger partial charge is 0.218 e. The molecule has 2 N–H and O–H groups in total. The monoisotopic (exact) mass is 287 g/mol. The first-order valence-corrected chi connectivity index (χ1v) is 6.44. The molecular weight excluding hydrogens is 270 g/mol. The molecule has 0 atom stereocenters. The molecule has 0 bridgehead atoms. The van der Waals surface area contributed by atoms with E-state index in [-0.39, 0.29) is 12.2 Å². The molecule has 1 aliphatic carbocycles. The lowest BCUT2D eigenvalue weighted by atomic mass is 9.74. The number of ketones is 1. The molecule has 110 valence electrons. The highest BCUT2D eigenvalue weighted by Crippen LogP contribution is 2.38. The molecule has 0 radical (unpaired) electrons. The molecule has 21 heavy (non-hydrogen) atoms. The van der Waals surface area contributed by atoms with Crippen molar-refractivity contribution in [3.8, 4) is 11.5 Å². The third kappa shape index (κ3) is 2.97. The molecular formula is C16H17NO4. The highest BCUT2D eigenvalue weighted by atomic mass is 16.5. The molecule has 0 fully saturated rings. The van der Waals surface area contributed by atoms with Crippen LogP contribution < -0.4 is 15.2 Å². The quantitative estimate of drug-likeness (QED) is 0.890. The maximum Gasteiger partial charge on any atom is 0.218 e. The fraction of sp³-hybridized carbons (Fsp3) is 0.250. The molecule has 0 heterocycles. The lowest BCUT2D eigenvalue weighted by molar-refractivity contribution is -0.118. The van der Waals surface area contributed by atoms with Gasteiger partial charge in [0.1, 0.15) is 0 Å². The van der Waals surface area contributed by atoms with Gasteiger partial charge in [-0.05, 0) is 29.8 Å². The molecule has 5 nitrogen and oxygen atoms in total. The second kappa shape index (κ2) is 5.83. The SMILES string of the molecule is COc1ccc(C2(CC(N)=O)C=CC(=O)C=C2)cc1OC. The number of rotatable bonds is 5. The third-order valence-electron chi connectivity index (χ3n) is 3.48. The van der Waals surface area contributed by atoms with E-state index < -0.39 is 11.3 Å². The van der Waals surface area contributed by atoms with Crippen LogP contribution in [0.3, 0.4) is 0 Å². The van der Waals surface area contributed by atoms with Crippen LogP contribution in [0.15, 0.2) is 42.5 Å². The molecule has 1 aromatic rings. The highest BCUT2D eigenvalue weighted by Gasteiger charge is 2.31. The van der Waals surface area contributed by atoms with Gasteiger partial charge in [-0.1, -0.05) is 18.2 Å². The predicted molar refractivity (Wildman–Crippen MR) is 78.3 cm³/mol. The first-order chi connectivity index (χ1) is 10.0. The Kier molecular flexibility index (Phi) is 4.12. The van der Waals surface area contributed by atoms with Gasteiger partial charge in [-0.3, -0.25) is 9.59 Å². The maximum absolute atomic E-state index is 11.4. The van der Waals surface area contributed by atoms with Crippen molar-refractivity contribution < 1.29 is 19.1 Å². The number of amides is 1. The average molecular weight is 287 g/mol. The lowest BCUT2D eigenvalue weighted by Gasteiger charge is -2.29. The molecule has 0 saturated heterocycles. The van der Waals surface area contributed by atoms with Gasteiger partial charge in [0, 0.05) is 11.8 Å². The van der Waals surface area contributed by atoms with Crippen molar-refractivity contribution in [3.63, 3.8) is 0 Å². The topological polar surface area (TPSA) is 78.6 Å². The van der Waals surface area contributed by atoms with E-state index in [9.17, 15) is 9.59 Å². The minimum atomic E-state index is -0.737. The zero-order valence-electron chi connectivity index (χ0n) is 12.0. The zero-order chi connectivity index (χ0) is 15.5. The van der Waals surface area contributed by atoms with Crippen molar-refractivity contribution in [1.29, 1.82) is 0 Å². The summed E-state index contributed by atoms with van der Waals surface area (Å²) >= 11 is 0. The largest absolute Gasteiger partial charge is 0.493 e. The Hall–Kier alpha value is -2.56. The number of nitrogens with two attached hydrogens (primary N) is 1. The van der Waals surface area contributed by atoms with Gasteiger partial charge < -0.3 is 15.2 Å². The number of primary amides is 1. The molecule has 0 unspecified atom stereocenters. The van der Waals surface area contributed by atoms with Gasteiger partial charge in [-0.25, -0.2) is 0 Å². The van der Waals surface area contributed by atoms with Crippen LogP contribution in [0.25, 0.3) is 0 Å². The average Bonchev–Trinajstić information content (AvgIpc) is 2.48. The minimum Gasteiger partial charge on any atom is -0.493 e. The Bertz CT molecular complexity index is 615. The van der Waals surface area contributed by atoms with Gasteiger partial charge >= 0.3 is 0 Å². The fourth-order valence-corrected chi connectivity index (χ4v) is 2.40. The van der Waals surface area contributed by atoms with Crippen LogP contribution in [0.1, 0.15) is 12.0 Å². The first-order valence-electron chi connectivity index (χ1n) is 6.44. The van der Waals surface area contributed by atoms with Crippen LogP contribution in [0.5, 0.6) is 11.5 Å². The molecule has 1 amide bonds. The van der Waals surface area contributed by atoms with Crippen LogP contribution in [-0.4, -0.2) is 25.9 Å². The summed E-state index contributed by atoms with van der Waals surface area (Å²) in [5.41, 5.74) is 5.43. The van der Waals surface area contributed by atoms with Gasteiger partial charge in [-0.2, -0.15) is 0 Å². The number of ether oxygens (including phenoxy) is 2. The summed E-state index contributed by atoms with van der Waals surface area (Å²) in [6.07, 6.45) is 6.35. The molecule has 0 aliphatic heterocycles. The van der Waals surface area contributed by atoms with E-state index in [1.807, 2.05) is 6.07 Å². The minimum absolute atomic E-state index is 0.0722. The molecule has 0 aromatic heterocycles. The summed E-state index contributed by atoms with van der Waals surface area (Å²) in [4.78, 5) is 22.8. The van der Waals surface area contributed by atoms with E-state index in [1.54, 1.807) is 38.5 Å². The van der Waals surface area contributed by atoms with E-state index in [1.165, 1.54) is 12.2 Å². The molecule has 5 heteroatoms. The van der Waals surface area contributed by atoms with Gasteiger partial charge in [0.05, 0.1) is 14.2 Å². The van der Waals surface area contributed by atoms with Crippen molar-refractivity contribution >= 4 is 11.7 Å². The van der Waals surface area contributed by atoms with Crippen molar-refractivity contribution in [3.05, 3.63) is 48.1 Å². The lowest BCUT2D eigenvalue weighted by Crippen LogP contribution is -2.30. The summed E-state index contributed by atoms with van der Waals surface area (Å²) in [6, 6.07) is 5.37. The summed E-state index contributed by atoms with van der Waals surface area (Å²) in [5.74, 6) is 0.580. The standard InChI is InChI=1S/C16H17NO4/c1-20-13-4-3-11(9-14(13)21-2)16(10-15(17)19)7-5-12(18)6-8-16/h3-9H,10H2,1-2H3,(H2,17,19). The van der Waals surface area contributed by atoms with Crippen LogP contribution in [0.2, 0.25) is 0 Å². The summed E-state index contributed by atoms with van der Waals surface area (Å²) < 4.78 is 10.5. The number of carbonyl (C=O) groups excluding carboxylic acids is 2. The van der Waals surface area contributed by atoms with E-state index in [2.05, 4.69) is 0 Å². The molecule has 2 rings (SSSR count). The second-order valence-corrected chi connectivity index (χ2v) is 4.82. The molecule has 1 aliphatic rings. The van der Waals surface area contributed by atoms with Crippen molar-refractivity contribution in [2.45, 2.75) is 11.8 Å². The first kappa shape index (κ1) is 14.8. The number of benzene rings is 1. The number of hydrogen-bond donors (Lipinski definition) is 1. The van der Waals surface area contributed by atoms with Crippen molar-refractivity contribution in [2.75, 3.05) is 14.2 Å². The van der Waals surface area contributed by atoms with Crippen LogP contribution in [-0.2, 0) is 15.0 Å². The molecule has 0 spiro atoms. The summed E-state index contributed by atoms with van der Waals surface area (Å²) in [6.45, 7) is 0. The Balaban J connectivity index is 2.52. The normalized spacial score (nSPS) is 15.8. The molecule has 1 aromatic carbocycles. The predicted octanol–water partition coefficient (Wildman–Crippen LogP) is 1.51. The highest BCUT2D eigenvalue weighted by molar-refractivity contribution is 6.01. The summed E-state index contributed by atoms with van der Waals surface area (Å²) in [5, 5.41) is 0. The Morgan fingerprint density at radius 3 is 2.29 bits per heavy atom. The Labute approximate surface area is 123 Å². The van der Waals surface area contributed by atoms with E-state index in [0.29, 0.717) is 11.5 Å². The van der Waals surface area contributed by atoms with Crippen LogP contribution >= 0.6 is 0 Å². The second-order valence-electron chi connectivity index (χ2n) is 4.82. The Morgan fingerprint density at radius 1 is 1.14 bits per heavy atom. The van der Waals surface area contributed by atoms with E-state index in [0.717, 1.165) is 5.56 Å². The van der Waals surface area contributed by atoms with Gasteiger partial charge in [0.25, 0.3) is 0 Å². The number of hydrogen-bond acceptors (Lipinski definition) is 4. The van der Waals surface area contributed by atoms with E-state index >= 15 is 0 Å². The van der Waals surface area contributed by atoms with Gasteiger partial charge in [-0.15, -0.1) is 0 Å². The van der Waals surface area contributed by atoms with Crippen LogP contribution in [0, 0.1) is 0 Å².